The lowest BCUT2D eigenvalue weighted by molar-refractivity contribution is 0.247. The molecule has 0 aliphatic carbocycles. The lowest BCUT2D eigenvalue weighted by Gasteiger charge is -2.25. The first-order chi connectivity index (χ1) is 11.3. The van der Waals surface area contributed by atoms with Crippen LogP contribution in [0.5, 0.6) is 0 Å². The number of benzene rings is 2. The van der Waals surface area contributed by atoms with Gasteiger partial charge in [0.15, 0.2) is 5.13 Å². The van der Waals surface area contributed by atoms with Gasteiger partial charge in [-0.2, -0.15) is 0 Å². The first-order valence-corrected chi connectivity index (χ1v) is 8.70. The van der Waals surface area contributed by atoms with Gasteiger partial charge in [0.1, 0.15) is 0 Å². The van der Waals surface area contributed by atoms with Gasteiger partial charge in [0.25, 0.3) is 0 Å². The zero-order valence-electron chi connectivity index (χ0n) is 12.9. The van der Waals surface area contributed by atoms with Crippen LogP contribution in [0.25, 0.3) is 11.1 Å². The highest BCUT2D eigenvalue weighted by molar-refractivity contribution is 7.15. The van der Waals surface area contributed by atoms with Crippen molar-refractivity contribution in [2.75, 3.05) is 12.3 Å². The van der Waals surface area contributed by atoms with Crippen LogP contribution in [0.4, 0.5) is 5.13 Å². The lowest BCUT2D eigenvalue weighted by atomic mass is 10.0. The second-order valence-electron chi connectivity index (χ2n) is 5.95. The Balaban J connectivity index is 1.46. The number of rotatable bonds is 3. The van der Waals surface area contributed by atoms with Gasteiger partial charge in [-0.05, 0) is 16.7 Å². The van der Waals surface area contributed by atoms with Crippen molar-refractivity contribution < 1.29 is 0 Å². The topological polar surface area (TPSA) is 42.1 Å². The molecule has 4 heteroatoms. The van der Waals surface area contributed by atoms with Crippen LogP contribution in [0.2, 0.25) is 0 Å². The predicted octanol–water partition coefficient (Wildman–Crippen LogP) is 3.95. The molecule has 1 aliphatic rings. The van der Waals surface area contributed by atoms with Crippen LogP contribution < -0.4 is 5.73 Å². The van der Waals surface area contributed by atoms with E-state index in [4.69, 9.17) is 5.73 Å². The van der Waals surface area contributed by atoms with Crippen molar-refractivity contribution in [1.29, 1.82) is 0 Å². The Morgan fingerprint density at radius 1 is 1.00 bits per heavy atom. The summed E-state index contributed by atoms with van der Waals surface area (Å²) >= 11 is 1.63. The zero-order valence-corrected chi connectivity index (χ0v) is 13.7. The first-order valence-electron chi connectivity index (χ1n) is 7.89. The van der Waals surface area contributed by atoms with Crippen molar-refractivity contribution in [2.45, 2.75) is 19.5 Å². The molecule has 0 atom stereocenters. The van der Waals surface area contributed by atoms with E-state index in [2.05, 4.69) is 64.5 Å². The van der Waals surface area contributed by atoms with Crippen LogP contribution in [0.1, 0.15) is 16.1 Å². The van der Waals surface area contributed by atoms with Gasteiger partial charge >= 0.3 is 0 Å². The molecule has 2 heterocycles. The van der Waals surface area contributed by atoms with Crippen molar-refractivity contribution in [3.05, 3.63) is 70.7 Å². The number of fused-ring (bicyclic) bond motifs is 1. The van der Waals surface area contributed by atoms with Crippen molar-refractivity contribution in [1.82, 2.24) is 9.88 Å². The molecule has 0 radical (unpaired) electrons. The van der Waals surface area contributed by atoms with Crippen LogP contribution >= 0.6 is 11.3 Å². The second kappa shape index (κ2) is 6.14. The number of aromatic nitrogens is 1. The van der Waals surface area contributed by atoms with Crippen LogP contribution in [-0.2, 0) is 19.5 Å². The van der Waals surface area contributed by atoms with Crippen molar-refractivity contribution in [2.24, 2.45) is 0 Å². The lowest BCUT2D eigenvalue weighted by Crippen LogP contribution is -2.29. The number of nitrogens with zero attached hydrogens (tertiary/aromatic N) is 2. The van der Waals surface area contributed by atoms with E-state index in [-0.39, 0.29) is 0 Å². The Hall–Kier alpha value is -2.17. The molecule has 0 saturated carbocycles. The maximum atomic E-state index is 5.82. The van der Waals surface area contributed by atoms with E-state index in [1.54, 1.807) is 11.3 Å². The third kappa shape index (κ3) is 3.14. The van der Waals surface area contributed by atoms with Gasteiger partial charge in [-0.25, -0.2) is 4.98 Å². The standard InChI is InChI=1S/C19H19N3S/c20-19-21-17-10-11-22(13-18(17)23-19)12-14-6-8-16(9-7-14)15-4-2-1-3-5-15/h1-9H,10-13H2,(H2,20,21). The summed E-state index contributed by atoms with van der Waals surface area (Å²) in [6, 6.07) is 19.4. The smallest absolute Gasteiger partial charge is 0.180 e. The Bertz CT molecular complexity index is 793. The predicted molar refractivity (Wildman–Crippen MR) is 96.2 cm³/mol. The minimum Gasteiger partial charge on any atom is -0.375 e. The molecule has 0 amide bonds. The Labute approximate surface area is 140 Å². The van der Waals surface area contributed by atoms with E-state index in [0.29, 0.717) is 5.13 Å². The van der Waals surface area contributed by atoms with Crippen LogP contribution in [0.15, 0.2) is 54.6 Å². The number of hydrogen-bond donors (Lipinski definition) is 1. The minimum absolute atomic E-state index is 0.698. The zero-order chi connectivity index (χ0) is 15.6. The van der Waals surface area contributed by atoms with E-state index in [1.165, 1.54) is 27.3 Å². The summed E-state index contributed by atoms with van der Waals surface area (Å²) in [6.07, 6.45) is 1.01. The quantitative estimate of drug-likeness (QED) is 0.794. The molecule has 116 valence electrons. The Kier molecular flexibility index (Phi) is 3.85. The summed E-state index contributed by atoms with van der Waals surface area (Å²) < 4.78 is 0. The van der Waals surface area contributed by atoms with Crippen molar-refractivity contribution in [3.63, 3.8) is 0 Å². The Morgan fingerprint density at radius 3 is 2.52 bits per heavy atom. The SMILES string of the molecule is Nc1nc2c(s1)CN(Cc1ccc(-c3ccccc3)cc1)CC2. The van der Waals surface area contributed by atoms with E-state index in [1.807, 2.05) is 0 Å². The summed E-state index contributed by atoms with van der Waals surface area (Å²) in [5.41, 5.74) is 10.9. The molecule has 0 spiro atoms. The van der Waals surface area contributed by atoms with Gasteiger partial charge < -0.3 is 5.73 Å². The third-order valence-corrected chi connectivity index (χ3v) is 5.21. The average Bonchev–Trinajstić information content (AvgIpc) is 2.96. The molecule has 0 unspecified atom stereocenters. The number of thiazole rings is 1. The van der Waals surface area contributed by atoms with E-state index in [0.717, 1.165) is 26.1 Å². The fourth-order valence-electron chi connectivity index (χ4n) is 3.09. The highest BCUT2D eigenvalue weighted by Crippen LogP contribution is 2.27. The highest BCUT2D eigenvalue weighted by Gasteiger charge is 2.20. The minimum atomic E-state index is 0.698. The molecule has 4 rings (SSSR count). The fraction of sp³-hybridized carbons (Fsp3) is 0.211. The molecular weight excluding hydrogens is 302 g/mol. The van der Waals surface area contributed by atoms with Gasteiger partial charge in [-0.15, -0.1) is 11.3 Å². The third-order valence-electron chi connectivity index (χ3n) is 4.29. The van der Waals surface area contributed by atoms with E-state index < -0.39 is 0 Å². The van der Waals surface area contributed by atoms with E-state index >= 15 is 0 Å². The largest absolute Gasteiger partial charge is 0.375 e. The molecular formula is C19H19N3S. The molecule has 1 aliphatic heterocycles. The number of nitrogens with two attached hydrogens (primary N) is 1. The summed E-state index contributed by atoms with van der Waals surface area (Å²) in [5, 5.41) is 0.698. The van der Waals surface area contributed by atoms with E-state index in [9.17, 15) is 0 Å². The molecule has 2 aromatic carbocycles. The van der Waals surface area contributed by atoms with Crippen LogP contribution in [0.3, 0.4) is 0 Å². The highest BCUT2D eigenvalue weighted by atomic mass is 32.1. The van der Waals surface area contributed by atoms with Crippen LogP contribution in [0, 0.1) is 0 Å². The van der Waals surface area contributed by atoms with Gasteiger partial charge in [0, 0.05) is 30.9 Å². The molecule has 23 heavy (non-hydrogen) atoms. The summed E-state index contributed by atoms with van der Waals surface area (Å²) in [6.45, 7) is 2.99. The second-order valence-corrected chi connectivity index (χ2v) is 7.06. The molecule has 0 fully saturated rings. The first kappa shape index (κ1) is 14.4. The normalized spacial score (nSPS) is 14.6. The summed E-state index contributed by atoms with van der Waals surface area (Å²) in [7, 11) is 0. The van der Waals surface area contributed by atoms with Crippen LogP contribution in [-0.4, -0.2) is 16.4 Å². The molecule has 3 nitrogen and oxygen atoms in total. The number of anilines is 1. The molecule has 2 N–H and O–H groups in total. The maximum absolute atomic E-state index is 5.82. The number of hydrogen-bond acceptors (Lipinski definition) is 4. The summed E-state index contributed by atoms with van der Waals surface area (Å²) in [5.74, 6) is 0. The molecule has 0 saturated heterocycles. The van der Waals surface area contributed by atoms with Gasteiger partial charge in [-0.1, -0.05) is 54.6 Å². The van der Waals surface area contributed by atoms with Gasteiger partial charge in [0.05, 0.1) is 5.69 Å². The maximum Gasteiger partial charge on any atom is 0.180 e. The average molecular weight is 321 g/mol. The Morgan fingerprint density at radius 2 is 1.74 bits per heavy atom. The molecule has 3 aromatic rings. The molecule has 0 bridgehead atoms. The van der Waals surface area contributed by atoms with Crippen molar-refractivity contribution >= 4 is 16.5 Å². The van der Waals surface area contributed by atoms with Gasteiger partial charge in [-0.3, -0.25) is 4.90 Å². The number of nitrogen functional groups attached to an aromatic ring is 1. The monoisotopic (exact) mass is 321 g/mol. The summed E-state index contributed by atoms with van der Waals surface area (Å²) in [4.78, 5) is 8.21. The van der Waals surface area contributed by atoms with Gasteiger partial charge in [0.2, 0.25) is 0 Å². The molecule has 1 aromatic heterocycles. The van der Waals surface area contributed by atoms with Crippen molar-refractivity contribution in [3.8, 4) is 11.1 Å². The fourth-order valence-corrected chi connectivity index (χ4v) is 4.02.